The SMILES string of the molecule is COc1cc(C)ccc1Oc1cc(N)nc(C(C)C)n1. The Morgan fingerprint density at radius 3 is 2.50 bits per heavy atom. The molecule has 0 aliphatic heterocycles. The van der Waals surface area contributed by atoms with Crippen LogP contribution in [0.25, 0.3) is 0 Å². The average molecular weight is 273 g/mol. The Kier molecular flexibility index (Phi) is 4.08. The molecule has 0 spiro atoms. The number of hydrogen-bond donors (Lipinski definition) is 1. The highest BCUT2D eigenvalue weighted by Gasteiger charge is 2.11. The summed E-state index contributed by atoms with van der Waals surface area (Å²) in [7, 11) is 1.61. The maximum atomic E-state index is 5.78. The Bertz CT molecular complexity index is 612. The lowest BCUT2D eigenvalue weighted by molar-refractivity contribution is 0.373. The van der Waals surface area contributed by atoms with Crippen LogP contribution >= 0.6 is 0 Å². The van der Waals surface area contributed by atoms with Gasteiger partial charge in [-0.1, -0.05) is 19.9 Å². The molecule has 1 aromatic heterocycles. The zero-order chi connectivity index (χ0) is 14.7. The molecule has 5 heteroatoms. The fourth-order valence-corrected chi connectivity index (χ4v) is 1.74. The number of benzene rings is 1. The van der Waals surface area contributed by atoms with Gasteiger partial charge in [-0.3, -0.25) is 0 Å². The van der Waals surface area contributed by atoms with Crippen molar-refractivity contribution < 1.29 is 9.47 Å². The molecule has 106 valence electrons. The highest BCUT2D eigenvalue weighted by atomic mass is 16.5. The minimum atomic E-state index is 0.181. The van der Waals surface area contributed by atoms with Crippen LogP contribution in [0, 0.1) is 6.92 Å². The number of aromatic nitrogens is 2. The van der Waals surface area contributed by atoms with E-state index in [0.717, 1.165) is 5.56 Å². The number of hydrogen-bond acceptors (Lipinski definition) is 5. The van der Waals surface area contributed by atoms with Gasteiger partial charge in [0.1, 0.15) is 11.6 Å². The van der Waals surface area contributed by atoms with Crippen molar-refractivity contribution in [3.05, 3.63) is 35.7 Å². The molecule has 1 heterocycles. The second kappa shape index (κ2) is 5.77. The minimum Gasteiger partial charge on any atom is -0.493 e. The third kappa shape index (κ3) is 3.17. The van der Waals surface area contributed by atoms with E-state index in [0.29, 0.717) is 29.0 Å². The largest absolute Gasteiger partial charge is 0.493 e. The molecule has 0 aliphatic rings. The summed E-state index contributed by atoms with van der Waals surface area (Å²) in [6.07, 6.45) is 0. The summed E-state index contributed by atoms with van der Waals surface area (Å²) in [5.41, 5.74) is 6.88. The predicted octanol–water partition coefficient (Wildman–Crippen LogP) is 3.29. The van der Waals surface area contributed by atoms with Gasteiger partial charge in [-0.2, -0.15) is 4.98 Å². The van der Waals surface area contributed by atoms with Crippen molar-refractivity contribution in [2.75, 3.05) is 12.8 Å². The van der Waals surface area contributed by atoms with Crippen LogP contribution < -0.4 is 15.2 Å². The van der Waals surface area contributed by atoms with Gasteiger partial charge in [0.15, 0.2) is 11.5 Å². The van der Waals surface area contributed by atoms with E-state index in [1.54, 1.807) is 13.2 Å². The first-order valence-electron chi connectivity index (χ1n) is 6.46. The van der Waals surface area contributed by atoms with E-state index in [-0.39, 0.29) is 5.92 Å². The lowest BCUT2D eigenvalue weighted by atomic mass is 10.2. The molecule has 2 aromatic rings. The fraction of sp³-hybridized carbons (Fsp3) is 0.333. The van der Waals surface area contributed by atoms with Crippen LogP contribution in [-0.2, 0) is 0 Å². The monoisotopic (exact) mass is 273 g/mol. The van der Waals surface area contributed by atoms with Gasteiger partial charge in [0.05, 0.1) is 7.11 Å². The van der Waals surface area contributed by atoms with Gasteiger partial charge in [-0.05, 0) is 24.6 Å². The van der Waals surface area contributed by atoms with Crippen molar-refractivity contribution in [2.45, 2.75) is 26.7 Å². The Balaban J connectivity index is 2.34. The number of nitrogen functional groups attached to an aromatic ring is 1. The standard InChI is InChI=1S/C15H19N3O2/c1-9(2)15-17-13(16)8-14(18-15)20-11-6-5-10(3)7-12(11)19-4/h5-9H,1-4H3,(H2,16,17,18). The molecule has 0 unspecified atom stereocenters. The number of rotatable bonds is 4. The van der Waals surface area contributed by atoms with Crippen LogP contribution in [0.3, 0.4) is 0 Å². The van der Waals surface area contributed by atoms with Crippen LogP contribution in [0.15, 0.2) is 24.3 Å². The molecule has 1 aromatic carbocycles. The third-order valence-electron chi connectivity index (χ3n) is 2.79. The zero-order valence-corrected chi connectivity index (χ0v) is 12.2. The Morgan fingerprint density at radius 1 is 1.10 bits per heavy atom. The van der Waals surface area contributed by atoms with Gasteiger partial charge in [0.25, 0.3) is 0 Å². The van der Waals surface area contributed by atoms with E-state index in [2.05, 4.69) is 9.97 Å². The Morgan fingerprint density at radius 2 is 1.85 bits per heavy atom. The van der Waals surface area contributed by atoms with E-state index in [9.17, 15) is 0 Å². The molecule has 0 radical (unpaired) electrons. The van der Waals surface area contributed by atoms with Gasteiger partial charge in [-0.25, -0.2) is 4.98 Å². The zero-order valence-electron chi connectivity index (χ0n) is 12.2. The number of ether oxygens (including phenoxy) is 2. The Hall–Kier alpha value is -2.30. The molecule has 0 saturated heterocycles. The third-order valence-corrected chi connectivity index (χ3v) is 2.79. The van der Waals surface area contributed by atoms with Crippen molar-refractivity contribution in [3.63, 3.8) is 0 Å². The molecule has 20 heavy (non-hydrogen) atoms. The van der Waals surface area contributed by atoms with Crippen LogP contribution in [0.5, 0.6) is 17.4 Å². The second-order valence-corrected chi connectivity index (χ2v) is 4.90. The minimum absolute atomic E-state index is 0.181. The van der Waals surface area contributed by atoms with Crippen molar-refractivity contribution in [1.29, 1.82) is 0 Å². The summed E-state index contributed by atoms with van der Waals surface area (Å²) >= 11 is 0. The summed E-state index contributed by atoms with van der Waals surface area (Å²) in [6, 6.07) is 7.31. The average Bonchev–Trinajstić information content (AvgIpc) is 2.40. The maximum Gasteiger partial charge on any atom is 0.224 e. The first-order chi connectivity index (χ1) is 9.49. The van der Waals surface area contributed by atoms with Crippen molar-refractivity contribution in [3.8, 4) is 17.4 Å². The normalized spacial score (nSPS) is 10.7. The predicted molar refractivity (Wildman–Crippen MR) is 78.3 cm³/mol. The molecule has 0 bridgehead atoms. The number of nitrogens with zero attached hydrogens (tertiary/aromatic N) is 2. The van der Waals surface area contributed by atoms with Crippen molar-refractivity contribution in [2.24, 2.45) is 0 Å². The number of aryl methyl sites for hydroxylation is 1. The van der Waals surface area contributed by atoms with E-state index < -0.39 is 0 Å². The quantitative estimate of drug-likeness (QED) is 0.925. The number of anilines is 1. The van der Waals surface area contributed by atoms with Crippen molar-refractivity contribution >= 4 is 5.82 Å². The van der Waals surface area contributed by atoms with Crippen LogP contribution in [0.2, 0.25) is 0 Å². The molecule has 0 fully saturated rings. The number of methoxy groups -OCH3 is 1. The molecule has 2 rings (SSSR count). The smallest absolute Gasteiger partial charge is 0.224 e. The lowest BCUT2D eigenvalue weighted by Gasteiger charge is -2.12. The molecular weight excluding hydrogens is 254 g/mol. The summed E-state index contributed by atoms with van der Waals surface area (Å²) in [5.74, 6) is 2.92. The van der Waals surface area contributed by atoms with E-state index in [1.807, 2.05) is 39.0 Å². The van der Waals surface area contributed by atoms with E-state index in [1.165, 1.54) is 0 Å². The van der Waals surface area contributed by atoms with Gasteiger partial charge < -0.3 is 15.2 Å². The molecule has 0 amide bonds. The summed E-state index contributed by atoms with van der Waals surface area (Å²) in [4.78, 5) is 8.54. The van der Waals surface area contributed by atoms with Crippen LogP contribution in [0.1, 0.15) is 31.2 Å². The first-order valence-corrected chi connectivity index (χ1v) is 6.46. The maximum absolute atomic E-state index is 5.78. The van der Waals surface area contributed by atoms with Gasteiger partial charge in [0, 0.05) is 12.0 Å². The molecule has 0 aliphatic carbocycles. The molecule has 0 saturated carbocycles. The highest BCUT2D eigenvalue weighted by Crippen LogP contribution is 2.32. The topological polar surface area (TPSA) is 70.3 Å². The van der Waals surface area contributed by atoms with E-state index >= 15 is 0 Å². The fourth-order valence-electron chi connectivity index (χ4n) is 1.74. The molecule has 5 nitrogen and oxygen atoms in total. The number of nitrogens with two attached hydrogens (primary N) is 1. The highest BCUT2D eigenvalue weighted by molar-refractivity contribution is 5.45. The van der Waals surface area contributed by atoms with Crippen molar-refractivity contribution in [1.82, 2.24) is 9.97 Å². The lowest BCUT2D eigenvalue weighted by Crippen LogP contribution is -2.03. The summed E-state index contributed by atoms with van der Waals surface area (Å²) in [5, 5.41) is 0. The van der Waals surface area contributed by atoms with Crippen LogP contribution in [-0.4, -0.2) is 17.1 Å². The second-order valence-electron chi connectivity index (χ2n) is 4.90. The molecule has 2 N–H and O–H groups in total. The van der Waals surface area contributed by atoms with Gasteiger partial charge >= 0.3 is 0 Å². The molecule has 0 atom stereocenters. The van der Waals surface area contributed by atoms with Gasteiger partial charge in [0.2, 0.25) is 5.88 Å². The summed E-state index contributed by atoms with van der Waals surface area (Å²) < 4.78 is 11.1. The summed E-state index contributed by atoms with van der Waals surface area (Å²) in [6.45, 7) is 6.00. The molecular formula is C15H19N3O2. The first kappa shape index (κ1) is 14.1. The Labute approximate surface area is 118 Å². The van der Waals surface area contributed by atoms with E-state index in [4.69, 9.17) is 15.2 Å². The van der Waals surface area contributed by atoms with Crippen LogP contribution in [0.4, 0.5) is 5.82 Å². The van der Waals surface area contributed by atoms with Gasteiger partial charge in [-0.15, -0.1) is 0 Å².